The van der Waals surface area contributed by atoms with Crippen LogP contribution in [0.3, 0.4) is 0 Å². The van der Waals surface area contributed by atoms with Crippen molar-refractivity contribution < 1.29 is 19.0 Å². The molecule has 0 radical (unpaired) electrons. The van der Waals surface area contributed by atoms with Crippen LogP contribution < -0.4 is 9.64 Å². The fourth-order valence-electron chi connectivity index (χ4n) is 3.63. The quantitative estimate of drug-likeness (QED) is 0.283. The van der Waals surface area contributed by atoms with Gasteiger partial charge in [-0.1, -0.05) is 13.0 Å². The minimum Gasteiger partial charge on any atom is -0.496 e. The van der Waals surface area contributed by atoms with Gasteiger partial charge in [-0.25, -0.2) is 4.79 Å². The average molecular weight is 399 g/mol. The highest BCUT2D eigenvalue weighted by atomic mass is 16.6. The van der Waals surface area contributed by atoms with E-state index in [1.807, 2.05) is 18.2 Å². The van der Waals surface area contributed by atoms with Gasteiger partial charge in [-0.2, -0.15) is 5.26 Å². The van der Waals surface area contributed by atoms with Gasteiger partial charge in [0.15, 0.2) is 0 Å². The van der Waals surface area contributed by atoms with Gasteiger partial charge in [-0.3, -0.25) is 0 Å². The summed E-state index contributed by atoms with van der Waals surface area (Å²) in [6.45, 7) is 9.91. The van der Waals surface area contributed by atoms with E-state index in [1.54, 1.807) is 7.11 Å². The summed E-state index contributed by atoms with van der Waals surface area (Å²) < 4.78 is 15.5. The number of rotatable bonds is 8. The van der Waals surface area contributed by atoms with E-state index >= 15 is 0 Å². The van der Waals surface area contributed by atoms with E-state index in [2.05, 4.69) is 38.7 Å². The number of nitriles is 1. The summed E-state index contributed by atoms with van der Waals surface area (Å²) in [6.07, 6.45) is 4.78. The van der Waals surface area contributed by atoms with Crippen LogP contribution in [-0.4, -0.2) is 45.5 Å². The molecule has 1 aliphatic heterocycles. The lowest BCUT2D eigenvalue weighted by Crippen LogP contribution is -2.45. The van der Waals surface area contributed by atoms with Crippen molar-refractivity contribution in [3.05, 3.63) is 34.9 Å². The first kappa shape index (κ1) is 22.5. The molecular weight excluding hydrogens is 368 g/mol. The van der Waals surface area contributed by atoms with Crippen molar-refractivity contribution in [1.82, 2.24) is 0 Å². The predicted octanol–water partition coefficient (Wildman–Crippen LogP) is 4.20. The van der Waals surface area contributed by atoms with Crippen molar-refractivity contribution in [2.45, 2.75) is 39.7 Å². The number of ether oxygens (including phenoxy) is 3. The summed E-state index contributed by atoms with van der Waals surface area (Å²) in [6, 6.07) is 5.88. The molecule has 1 heterocycles. The fourth-order valence-corrected chi connectivity index (χ4v) is 3.63. The van der Waals surface area contributed by atoms with Crippen molar-refractivity contribution >= 4 is 23.3 Å². The van der Waals surface area contributed by atoms with E-state index in [1.165, 1.54) is 13.2 Å². The minimum atomic E-state index is -0.676. The molecule has 2 rings (SSSR count). The van der Waals surface area contributed by atoms with Gasteiger partial charge >= 0.3 is 5.97 Å². The number of carbonyl (C=O) groups is 1. The Morgan fingerprint density at radius 1 is 1.28 bits per heavy atom. The zero-order chi connectivity index (χ0) is 21.6. The third-order valence-electron chi connectivity index (χ3n) is 4.94. The van der Waals surface area contributed by atoms with Gasteiger partial charge in [0.2, 0.25) is 0 Å². The first-order valence-electron chi connectivity index (χ1n) is 9.76. The molecule has 0 bridgehead atoms. The largest absolute Gasteiger partial charge is 0.496 e. The summed E-state index contributed by atoms with van der Waals surface area (Å²) in [4.78, 5) is 14.6. The summed E-state index contributed by atoms with van der Waals surface area (Å²) in [5.74, 6) is -0.0712. The van der Waals surface area contributed by atoms with Gasteiger partial charge in [0, 0.05) is 36.5 Å². The van der Waals surface area contributed by atoms with Crippen molar-refractivity contribution in [2.24, 2.45) is 0 Å². The van der Waals surface area contributed by atoms with Gasteiger partial charge < -0.3 is 19.1 Å². The van der Waals surface area contributed by atoms with Crippen molar-refractivity contribution in [1.29, 1.82) is 5.26 Å². The maximum atomic E-state index is 12.2. The Kier molecular flexibility index (Phi) is 7.46. The minimum absolute atomic E-state index is 0.0810. The van der Waals surface area contributed by atoms with Gasteiger partial charge in [0.1, 0.15) is 24.0 Å². The number of allylic oxidation sites excluding steroid dienone is 1. The molecule has 0 aliphatic carbocycles. The zero-order valence-electron chi connectivity index (χ0n) is 18.2. The Labute approximate surface area is 173 Å². The van der Waals surface area contributed by atoms with Crippen LogP contribution in [0.1, 0.15) is 45.2 Å². The van der Waals surface area contributed by atoms with E-state index in [-0.39, 0.29) is 24.3 Å². The van der Waals surface area contributed by atoms with Crippen LogP contribution in [0.15, 0.2) is 23.8 Å². The molecule has 0 atom stereocenters. The van der Waals surface area contributed by atoms with Gasteiger partial charge in [0.25, 0.3) is 0 Å². The van der Waals surface area contributed by atoms with Crippen molar-refractivity contribution in [3.63, 3.8) is 0 Å². The number of carbonyl (C=O) groups excluding carboxylic acids is 1. The Hall–Kier alpha value is -2.78. The zero-order valence-corrected chi connectivity index (χ0v) is 18.2. The second kappa shape index (κ2) is 9.62. The standard InChI is InChI=1S/C23H30N2O4/c1-7-8-25-20-13-21(28-6)17(12-19(20)16(2)14-23(25,3)4)11-18(15-24)22(26)29-10-9-27-5/h11-14H,7-10H2,1-6H3/b18-11-. The van der Waals surface area contributed by atoms with Gasteiger partial charge in [0.05, 0.1) is 19.3 Å². The highest BCUT2D eigenvalue weighted by Crippen LogP contribution is 2.42. The Morgan fingerprint density at radius 3 is 2.59 bits per heavy atom. The molecule has 29 heavy (non-hydrogen) atoms. The van der Waals surface area contributed by atoms with Crippen LogP contribution in [-0.2, 0) is 14.3 Å². The summed E-state index contributed by atoms with van der Waals surface area (Å²) >= 11 is 0. The number of fused-ring (bicyclic) bond motifs is 1. The van der Waals surface area contributed by atoms with E-state index in [9.17, 15) is 10.1 Å². The summed E-state index contributed by atoms with van der Waals surface area (Å²) in [5.41, 5.74) is 3.77. The van der Waals surface area contributed by atoms with E-state index in [0.717, 1.165) is 29.8 Å². The second-order valence-corrected chi connectivity index (χ2v) is 7.54. The number of methoxy groups -OCH3 is 2. The van der Waals surface area contributed by atoms with Crippen molar-refractivity contribution in [3.8, 4) is 11.8 Å². The number of hydrogen-bond acceptors (Lipinski definition) is 6. The van der Waals surface area contributed by atoms with Gasteiger partial charge in [-0.15, -0.1) is 0 Å². The van der Waals surface area contributed by atoms with Crippen LogP contribution in [0.2, 0.25) is 0 Å². The fraction of sp³-hybridized carbons (Fsp3) is 0.478. The van der Waals surface area contributed by atoms with E-state index in [0.29, 0.717) is 11.3 Å². The maximum absolute atomic E-state index is 12.2. The van der Waals surface area contributed by atoms with E-state index in [4.69, 9.17) is 14.2 Å². The molecule has 0 amide bonds. The molecule has 1 aromatic rings. The highest BCUT2D eigenvalue weighted by Gasteiger charge is 2.31. The molecule has 0 saturated heterocycles. The molecule has 1 aromatic carbocycles. The van der Waals surface area contributed by atoms with Crippen LogP contribution in [0, 0.1) is 11.3 Å². The lowest BCUT2D eigenvalue weighted by Gasteiger charge is -2.43. The monoisotopic (exact) mass is 398 g/mol. The van der Waals surface area contributed by atoms with Crippen LogP contribution in [0.4, 0.5) is 5.69 Å². The summed E-state index contributed by atoms with van der Waals surface area (Å²) in [5, 5.41) is 9.44. The van der Waals surface area contributed by atoms with E-state index < -0.39 is 5.97 Å². The Morgan fingerprint density at radius 2 is 2.00 bits per heavy atom. The Balaban J connectivity index is 2.52. The molecule has 0 N–H and O–H groups in total. The first-order valence-corrected chi connectivity index (χ1v) is 9.76. The predicted molar refractivity (Wildman–Crippen MR) is 115 cm³/mol. The number of benzene rings is 1. The maximum Gasteiger partial charge on any atom is 0.348 e. The third kappa shape index (κ3) is 4.99. The Bertz CT molecular complexity index is 862. The number of hydrogen-bond donors (Lipinski definition) is 0. The molecule has 0 unspecified atom stereocenters. The topological polar surface area (TPSA) is 71.8 Å². The molecule has 156 valence electrons. The lowest BCUT2D eigenvalue weighted by atomic mass is 9.87. The SMILES string of the molecule is CCCN1c2cc(OC)c(/C=C(/C#N)C(=O)OCCOC)cc2C(C)=CC1(C)C. The highest BCUT2D eigenvalue weighted by molar-refractivity contribution is 5.98. The molecule has 1 aliphatic rings. The summed E-state index contributed by atoms with van der Waals surface area (Å²) in [7, 11) is 3.11. The molecule has 0 aromatic heterocycles. The number of anilines is 1. The van der Waals surface area contributed by atoms with Crippen LogP contribution in [0.25, 0.3) is 11.6 Å². The molecule has 6 heteroatoms. The van der Waals surface area contributed by atoms with Crippen LogP contribution in [0.5, 0.6) is 5.75 Å². The smallest absolute Gasteiger partial charge is 0.348 e. The first-order chi connectivity index (χ1) is 13.8. The normalized spacial score (nSPS) is 15.3. The molecular formula is C23H30N2O4. The van der Waals surface area contributed by atoms with Gasteiger partial charge in [-0.05, 0) is 44.9 Å². The van der Waals surface area contributed by atoms with Crippen molar-refractivity contribution in [2.75, 3.05) is 38.9 Å². The van der Waals surface area contributed by atoms with Crippen LogP contribution >= 0.6 is 0 Å². The molecule has 0 fully saturated rings. The third-order valence-corrected chi connectivity index (χ3v) is 4.94. The number of esters is 1. The average Bonchev–Trinajstić information content (AvgIpc) is 2.68. The number of nitrogens with zero attached hydrogens (tertiary/aromatic N) is 2. The lowest BCUT2D eigenvalue weighted by molar-refractivity contribution is -0.139. The molecule has 0 spiro atoms. The molecule has 6 nitrogen and oxygen atoms in total. The molecule has 0 saturated carbocycles. The second-order valence-electron chi connectivity index (χ2n) is 7.54.